The number of pyridine rings is 1. The van der Waals surface area contributed by atoms with Gasteiger partial charge in [0.25, 0.3) is 0 Å². The van der Waals surface area contributed by atoms with Gasteiger partial charge in [0.15, 0.2) is 0 Å². The van der Waals surface area contributed by atoms with Gasteiger partial charge in [-0.15, -0.1) is 0 Å². The van der Waals surface area contributed by atoms with Gasteiger partial charge in [-0.05, 0) is 30.3 Å². The lowest BCUT2D eigenvalue weighted by Gasteiger charge is -2.13. The molecule has 0 aliphatic carbocycles. The molecule has 0 saturated heterocycles. The maximum Gasteiger partial charge on any atom is 0.218 e. The maximum absolute atomic E-state index is 9.42. The van der Waals surface area contributed by atoms with Crippen LogP contribution in [0.3, 0.4) is 0 Å². The summed E-state index contributed by atoms with van der Waals surface area (Å²) in [5, 5.41) is 13.8. The highest BCUT2D eigenvalue weighted by molar-refractivity contribution is 5.80. The summed E-state index contributed by atoms with van der Waals surface area (Å²) in [5.41, 5.74) is 3.52. The number of aromatic nitrogens is 1. The molecule has 3 rings (SSSR count). The van der Waals surface area contributed by atoms with Crippen LogP contribution in [-0.2, 0) is 13.2 Å². The lowest BCUT2D eigenvalue weighted by molar-refractivity contribution is 0.274. The van der Waals surface area contributed by atoms with Crippen molar-refractivity contribution in [3.63, 3.8) is 0 Å². The minimum absolute atomic E-state index is 0.0699. The molecule has 0 fully saturated rings. The van der Waals surface area contributed by atoms with Crippen LogP contribution in [0.4, 0.5) is 5.69 Å². The van der Waals surface area contributed by atoms with E-state index in [4.69, 9.17) is 9.47 Å². The van der Waals surface area contributed by atoms with E-state index in [1.807, 2.05) is 42.5 Å². The van der Waals surface area contributed by atoms with Gasteiger partial charge >= 0.3 is 0 Å². The summed E-state index contributed by atoms with van der Waals surface area (Å²) in [6.07, 6.45) is 0. The fourth-order valence-electron chi connectivity index (χ4n) is 2.65. The van der Waals surface area contributed by atoms with E-state index in [-0.39, 0.29) is 6.61 Å². The molecule has 0 aliphatic heterocycles. The molecule has 5 nitrogen and oxygen atoms in total. The summed E-state index contributed by atoms with van der Waals surface area (Å²) in [4.78, 5) is 4.54. The van der Waals surface area contributed by atoms with Crippen molar-refractivity contribution in [3.8, 4) is 11.6 Å². The van der Waals surface area contributed by atoms with E-state index in [1.54, 1.807) is 14.2 Å². The maximum atomic E-state index is 9.42. The molecule has 2 aromatic carbocycles. The van der Waals surface area contributed by atoms with Gasteiger partial charge in [0.1, 0.15) is 5.75 Å². The van der Waals surface area contributed by atoms with Crippen molar-refractivity contribution >= 4 is 16.6 Å². The Bertz CT molecular complexity index is 849. The second-order valence-corrected chi connectivity index (χ2v) is 5.39. The Morgan fingerprint density at radius 3 is 2.58 bits per heavy atom. The molecule has 2 N–H and O–H groups in total. The van der Waals surface area contributed by atoms with E-state index < -0.39 is 0 Å². The topological polar surface area (TPSA) is 63.6 Å². The van der Waals surface area contributed by atoms with Gasteiger partial charge in [-0.2, -0.15) is 0 Å². The predicted molar refractivity (Wildman–Crippen MR) is 94.5 cm³/mol. The molecule has 0 aliphatic rings. The standard InChI is InChI=1S/C19H20N2O3/c1-23-18-8-7-16(10-15(18)12-22)20-11-14-9-13-5-3-4-6-17(13)21-19(14)24-2/h3-10,20,22H,11-12H2,1-2H3. The molecule has 0 radical (unpaired) electrons. The van der Waals surface area contributed by atoms with E-state index in [0.717, 1.165) is 27.7 Å². The number of anilines is 1. The second-order valence-electron chi connectivity index (χ2n) is 5.39. The summed E-state index contributed by atoms with van der Waals surface area (Å²) in [6.45, 7) is 0.498. The number of hydrogen-bond donors (Lipinski definition) is 2. The highest BCUT2D eigenvalue weighted by Crippen LogP contribution is 2.25. The highest BCUT2D eigenvalue weighted by Gasteiger charge is 2.08. The van der Waals surface area contributed by atoms with Gasteiger partial charge < -0.3 is 19.9 Å². The van der Waals surface area contributed by atoms with Gasteiger partial charge in [0.05, 0.1) is 26.3 Å². The van der Waals surface area contributed by atoms with Crippen molar-refractivity contribution < 1.29 is 14.6 Å². The Hall–Kier alpha value is -2.79. The molecule has 1 aromatic heterocycles. The van der Waals surface area contributed by atoms with E-state index in [1.165, 1.54) is 0 Å². The third-order valence-electron chi connectivity index (χ3n) is 3.89. The Balaban J connectivity index is 1.85. The van der Waals surface area contributed by atoms with Gasteiger partial charge in [-0.25, -0.2) is 4.98 Å². The van der Waals surface area contributed by atoms with E-state index in [2.05, 4.69) is 16.4 Å². The van der Waals surface area contributed by atoms with E-state index in [9.17, 15) is 5.11 Å². The molecule has 0 amide bonds. The van der Waals surface area contributed by atoms with Crippen LogP contribution in [0.2, 0.25) is 0 Å². The van der Waals surface area contributed by atoms with Crippen LogP contribution in [0.25, 0.3) is 10.9 Å². The van der Waals surface area contributed by atoms with Gasteiger partial charge in [-0.3, -0.25) is 0 Å². The van der Waals surface area contributed by atoms with Crippen molar-refractivity contribution in [2.75, 3.05) is 19.5 Å². The average molecular weight is 324 g/mol. The average Bonchev–Trinajstić information content (AvgIpc) is 2.65. The molecular weight excluding hydrogens is 304 g/mol. The molecular formula is C19H20N2O3. The zero-order chi connectivity index (χ0) is 16.9. The molecule has 3 aromatic rings. The number of nitrogens with one attached hydrogen (secondary N) is 1. The third kappa shape index (κ3) is 3.26. The number of fused-ring (bicyclic) bond motifs is 1. The van der Waals surface area contributed by atoms with Crippen molar-refractivity contribution in [1.29, 1.82) is 0 Å². The fraction of sp³-hybridized carbons (Fsp3) is 0.211. The molecule has 1 heterocycles. The van der Waals surface area contributed by atoms with E-state index in [0.29, 0.717) is 18.2 Å². The van der Waals surface area contributed by atoms with Crippen LogP contribution in [-0.4, -0.2) is 24.3 Å². The van der Waals surface area contributed by atoms with Crippen LogP contribution < -0.4 is 14.8 Å². The number of hydrogen-bond acceptors (Lipinski definition) is 5. The SMILES string of the molecule is COc1ccc(NCc2cc3ccccc3nc2OC)cc1CO. The quantitative estimate of drug-likeness (QED) is 0.728. The Morgan fingerprint density at radius 1 is 1.00 bits per heavy atom. The minimum Gasteiger partial charge on any atom is -0.496 e. The number of para-hydroxylation sites is 1. The van der Waals surface area contributed by atoms with Crippen LogP contribution in [0.5, 0.6) is 11.6 Å². The predicted octanol–water partition coefficient (Wildman–Crippen LogP) is 3.36. The van der Waals surface area contributed by atoms with Gasteiger partial charge in [0, 0.05) is 28.7 Å². The monoisotopic (exact) mass is 324 g/mol. The number of benzene rings is 2. The first-order valence-corrected chi connectivity index (χ1v) is 7.69. The second kappa shape index (κ2) is 7.19. The summed E-state index contributed by atoms with van der Waals surface area (Å²) in [6, 6.07) is 15.6. The van der Waals surface area contributed by atoms with Gasteiger partial charge in [-0.1, -0.05) is 18.2 Å². The number of methoxy groups -OCH3 is 2. The number of ether oxygens (including phenoxy) is 2. The lowest BCUT2D eigenvalue weighted by atomic mass is 10.1. The number of nitrogens with zero attached hydrogens (tertiary/aromatic N) is 1. The first kappa shape index (κ1) is 16.1. The lowest BCUT2D eigenvalue weighted by Crippen LogP contribution is -2.04. The van der Waals surface area contributed by atoms with Crippen LogP contribution in [0, 0.1) is 0 Å². The third-order valence-corrected chi connectivity index (χ3v) is 3.89. The van der Waals surface area contributed by atoms with Crippen molar-refractivity contribution in [1.82, 2.24) is 4.98 Å². The van der Waals surface area contributed by atoms with Crippen LogP contribution >= 0.6 is 0 Å². The van der Waals surface area contributed by atoms with Gasteiger partial charge in [0.2, 0.25) is 5.88 Å². The summed E-state index contributed by atoms with van der Waals surface area (Å²) in [7, 11) is 3.21. The fourth-order valence-corrected chi connectivity index (χ4v) is 2.65. The molecule has 24 heavy (non-hydrogen) atoms. The summed E-state index contributed by atoms with van der Waals surface area (Å²) in [5.74, 6) is 1.28. The highest BCUT2D eigenvalue weighted by atomic mass is 16.5. The molecule has 0 atom stereocenters. The van der Waals surface area contributed by atoms with Crippen molar-refractivity contribution in [2.24, 2.45) is 0 Å². The van der Waals surface area contributed by atoms with Crippen molar-refractivity contribution in [3.05, 3.63) is 59.7 Å². The molecule has 5 heteroatoms. The molecule has 124 valence electrons. The first-order chi connectivity index (χ1) is 11.7. The molecule has 0 unspecified atom stereocenters. The first-order valence-electron chi connectivity index (χ1n) is 7.69. The Morgan fingerprint density at radius 2 is 1.83 bits per heavy atom. The Labute approximate surface area is 140 Å². The summed E-state index contributed by atoms with van der Waals surface area (Å²) < 4.78 is 10.6. The zero-order valence-corrected chi connectivity index (χ0v) is 13.7. The van der Waals surface area contributed by atoms with Crippen LogP contribution in [0.1, 0.15) is 11.1 Å². The minimum atomic E-state index is -0.0699. The van der Waals surface area contributed by atoms with Crippen LogP contribution in [0.15, 0.2) is 48.5 Å². The zero-order valence-electron chi connectivity index (χ0n) is 13.7. The smallest absolute Gasteiger partial charge is 0.218 e. The normalized spacial score (nSPS) is 10.6. The number of aliphatic hydroxyl groups is 1. The largest absolute Gasteiger partial charge is 0.496 e. The summed E-state index contributed by atoms with van der Waals surface area (Å²) >= 11 is 0. The number of rotatable bonds is 6. The molecule has 0 spiro atoms. The molecule has 0 saturated carbocycles. The number of aliphatic hydroxyl groups excluding tert-OH is 1. The Kier molecular flexibility index (Phi) is 4.82. The van der Waals surface area contributed by atoms with E-state index >= 15 is 0 Å². The van der Waals surface area contributed by atoms with Crippen molar-refractivity contribution in [2.45, 2.75) is 13.2 Å². The molecule has 0 bridgehead atoms.